The Labute approximate surface area is 457 Å². The van der Waals surface area contributed by atoms with Crippen LogP contribution in [-0.4, -0.2) is 37.2 Å². The fraction of sp³-hybridized carbons (Fsp3) is 0.721. The summed E-state index contributed by atoms with van der Waals surface area (Å²) in [6.45, 7) is 6.51. The molecule has 0 saturated carbocycles. The van der Waals surface area contributed by atoms with Crippen molar-refractivity contribution in [2.24, 2.45) is 0 Å². The first-order valence-electron chi connectivity index (χ1n) is 31.2. The van der Waals surface area contributed by atoms with Crippen LogP contribution < -0.4 is 0 Å². The fourth-order valence-corrected chi connectivity index (χ4v) is 8.65. The number of carbonyl (C=O) groups is 3. The predicted molar refractivity (Wildman–Crippen MR) is 320 cm³/mol. The zero-order valence-electron chi connectivity index (χ0n) is 48.6. The molecule has 0 radical (unpaired) electrons. The second-order valence-electron chi connectivity index (χ2n) is 20.6. The molecule has 0 rings (SSSR count). The van der Waals surface area contributed by atoms with Crippen molar-refractivity contribution in [3.05, 3.63) is 97.2 Å². The second-order valence-corrected chi connectivity index (χ2v) is 20.6. The van der Waals surface area contributed by atoms with Gasteiger partial charge in [0.15, 0.2) is 6.10 Å². The number of unbranched alkanes of at least 4 members (excludes halogenated alkanes) is 29. The molecule has 0 aliphatic heterocycles. The fourth-order valence-electron chi connectivity index (χ4n) is 8.65. The van der Waals surface area contributed by atoms with Crippen molar-refractivity contribution in [3.8, 4) is 0 Å². The van der Waals surface area contributed by atoms with Crippen LogP contribution in [0.3, 0.4) is 0 Å². The monoisotopic (exact) mass is 1030 g/mol. The maximum Gasteiger partial charge on any atom is 0.306 e. The highest BCUT2D eigenvalue weighted by Crippen LogP contribution is 2.16. The first kappa shape index (κ1) is 70.3. The molecule has 0 aromatic heterocycles. The van der Waals surface area contributed by atoms with Gasteiger partial charge in [-0.25, -0.2) is 0 Å². The highest BCUT2D eigenvalue weighted by molar-refractivity contribution is 5.71. The normalized spacial score (nSPS) is 12.7. The molecule has 1 unspecified atom stereocenters. The van der Waals surface area contributed by atoms with Gasteiger partial charge in [0.1, 0.15) is 13.2 Å². The van der Waals surface area contributed by atoms with E-state index in [0.717, 1.165) is 116 Å². The molecule has 0 aliphatic carbocycles. The molecule has 0 heterocycles. The van der Waals surface area contributed by atoms with Crippen molar-refractivity contribution >= 4 is 17.9 Å². The van der Waals surface area contributed by atoms with E-state index in [1.807, 2.05) is 0 Å². The number of esters is 3. The van der Waals surface area contributed by atoms with Gasteiger partial charge in [-0.3, -0.25) is 14.4 Å². The van der Waals surface area contributed by atoms with Crippen molar-refractivity contribution in [2.45, 2.75) is 303 Å². The number of hydrogen-bond acceptors (Lipinski definition) is 6. The summed E-state index contributed by atoms with van der Waals surface area (Å²) in [5, 5.41) is 0. The van der Waals surface area contributed by atoms with Gasteiger partial charge in [-0.05, 0) is 103 Å². The van der Waals surface area contributed by atoms with E-state index in [0.29, 0.717) is 19.3 Å². The average molecular weight is 1030 g/mol. The third-order valence-electron chi connectivity index (χ3n) is 13.3. The molecule has 0 N–H and O–H groups in total. The predicted octanol–water partition coefficient (Wildman–Crippen LogP) is 21.3. The van der Waals surface area contributed by atoms with Gasteiger partial charge in [0.25, 0.3) is 0 Å². The van der Waals surface area contributed by atoms with Gasteiger partial charge in [-0.2, -0.15) is 0 Å². The number of allylic oxidation sites excluding steroid dienone is 16. The van der Waals surface area contributed by atoms with E-state index in [1.165, 1.54) is 141 Å². The Morgan fingerprint density at radius 1 is 0.284 bits per heavy atom. The molecule has 0 fully saturated rings. The van der Waals surface area contributed by atoms with E-state index in [1.54, 1.807) is 0 Å². The molecule has 6 nitrogen and oxygen atoms in total. The summed E-state index contributed by atoms with van der Waals surface area (Å²) >= 11 is 0. The Bertz CT molecular complexity index is 1460. The minimum atomic E-state index is -0.795. The van der Waals surface area contributed by atoms with Crippen LogP contribution in [0.5, 0.6) is 0 Å². The second kappa shape index (κ2) is 61.9. The first-order valence-corrected chi connectivity index (χ1v) is 31.2. The van der Waals surface area contributed by atoms with Crippen LogP contribution in [-0.2, 0) is 28.6 Å². The summed E-state index contributed by atoms with van der Waals surface area (Å²) in [6.07, 6.45) is 82.6. The van der Waals surface area contributed by atoms with Crippen LogP contribution in [0.15, 0.2) is 97.2 Å². The smallest absolute Gasteiger partial charge is 0.306 e. The zero-order chi connectivity index (χ0) is 53.6. The highest BCUT2D eigenvalue weighted by atomic mass is 16.6. The Kier molecular flexibility index (Phi) is 58.8. The summed E-state index contributed by atoms with van der Waals surface area (Å²) in [5.74, 6) is -0.922. The lowest BCUT2D eigenvalue weighted by Gasteiger charge is -2.18. The molecular weight excluding hydrogens is 913 g/mol. The van der Waals surface area contributed by atoms with Gasteiger partial charge in [-0.1, -0.05) is 272 Å². The summed E-state index contributed by atoms with van der Waals surface area (Å²) in [4.78, 5) is 38.3. The lowest BCUT2D eigenvalue weighted by molar-refractivity contribution is -0.167. The van der Waals surface area contributed by atoms with Gasteiger partial charge in [0.2, 0.25) is 0 Å². The maximum atomic E-state index is 12.9. The van der Waals surface area contributed by atoms with Gasteiger partial charge in [0.05, 0.1) is 0 Å². The zero-order valence-corrected chi connectivity index (χ0v) is 48.6. The van der Waals surface area contributed by atoms with Crippen molar-refractivity contribution < 1.29 is 28.6 Å². The number of carbonyl (C=O) groups excluding carboxylic acids is 3. The van der Waals surface area contributed by atoms with Crippen LogP contribution in [0.1, 0.15) is 297 Å². The van der Waals surface area contributed by atoms with Crippen molar-refractivity contribution in [2.75, 3.05) is 13.2 Å². The van der Waals surface area contributed by atoms with Gasteiger partial charge < -0.3 is 14.2 Å². The minimum absolute atomic E-state index is 0.0905. The van der Waals surface area contributed by atoms with E-state index >= 15 is 0 Å². The van der Waals surface area contributed by atoms with Crippen LogP contribution in [0.2, 0.25) is 0 Å². The molecular formula is C68H116O6. The lowest BCUT2D eigenvalue weighted by Crippen LogP contribution is -2.30. The molecule has 74 heavy (non-hydrogen) atoms. The molecule has 0 spiro atoms. The summed E-state index contributed by atoms with van der Waals surface area (Å²) in [6, 6.07) is 0. The number of rotatable bonds is 56. The molecule has 6 heteroatoms. The number of hydrogen-bond donors (Lipinski definition) is 0. The van der Waals surface area contributed by atoms with Crippen LogP contribution in [0, 0.1) is 0 Å². The topological polar surface area (TPSA) is 78.9 Å². The summed E-state index contributed by atoms with van der Waals surface area (Å²) in [7, 11) is 0. The van der Waals surface area contributed by atoms with Crippen molar-refractivity contribution in [3.63, 3.8) is 0 Å². The SMILES string of the molecule is CC/C=C\C/C=C\C/C=C\C/C=C\C/C=C\C/C=C\C/C=C\CCCCCC(=O)OCC(COC(=O)CCCCCCC/C=C\CCCCCCC)OC(=O)CCCCCCCCCCCCCCCCCCC. The molecule has 0 saturated heterocycles. The number of ether oxygens (including phenoxy) is 3. The third-order valence-corrected chi connectivity index (χ3v) is 13.3. The Morgan fingerprint density at radius 3 is 0.851 bits per heavy atom. The van der Waals surface area contributed by atoms with Gasteiger partial charge in [-0.15, -0.1) is 0 Å². The molecule has 0 aromatic carbocycles. The first-order chi connectivity index (χ1) is 36.5. The third kappa shape index (κ3) is 59.2. The molecule has 0 bridgehead atoms. The van der Waals surface area contributed by atoms with Crippen molar-refractivity contribution in [1.29, 1.82) is 0 Å². The largest absolute Gasteiger partial charge is 0.462 e. The Balaban J connectivity index is 4.42. The van der Waals surface area contributed by atoms with Crippen LogP contribution in [0.4, 0.5) is 0 Å². The quantitative estimate of drug-likeness (QED) is 0.0261. The lowest BCUT2D eigenvalue weighted by atomic mass is 10.0. The van der Waals surface area contributed by atoms with E-state index in [2.05, 4.69) is 118 Å². The van der Waals surface area contributed by atoms with Crippen molar-refractivity contribution in [1.82, 2.24) is 0 Å². The van der Waals surface area contributed by atoms with E-state index in [9.17, 15) is 14.4 Å². The van der Waals surface area contributed by atoms with Gasteiger partial charge >= 0.3 is 17.9 Å². The summed E-state index contributed by atoms with van der Waals surface area (Å²) < 4.78 is 16.9. The standard InChI is InChI=1S/C68H116O6/c1-4-7-10-13-16-19-22-25-28-30-31-32-33-34-35-36-37-39-40-43-46-49-52-55-58-61-67(70)73-64-65(63-72-66(69)60-57-54-51-48-45-42-27-24-21-18-15-12-9-6-3)74-68(71)62-59-56-53-50-47-44-41-38-29-26-23-20-17-14-11-8-5-2/h7,10,16,19,24-25,27-28,31-32,34-35,37,39,43,46,65H,4-6,8-9,11-15,17-18,20-23,26,29-30,33,36,38,40-42,44-45,47-64H2,1-3H3/b10-7-,19-16-,27-24-,28-25-,32-31-,35-34-,39-37-,46-43-. The molecule has 1 atom stereocenters. The molecule has 0 aromatic rings. The molecule has 0 aliphatic rings. The molecule has 0 amide bonds. The maximum absolute atomic E-state index is 12.9. The Morgan fingerprint density at radius 2 is 0.527 bits per heavy atom. The van der Waals surface area contributed by atoms with Crippen LogP contribution in [0.25, 0.3) is 0 Å². The highest BCUT2D eigenvalue weighted by Gasteiger charge is 2.19. The minimum Gasteiger partial charge on any atom is -0.462 e. The van der Waals surface area contributed by atoms with E-state index in [4.69, 9.17) is 14.2 Å². The van der Waals surface area contributed by atoms with E-state index in [-0.39, 0.29) is 31.1 Å². The van der Waals surface area contributed by atoms with E-state index < -0.39 is 6.10 Å². The molecule has 424 valence electrons. The summed E-state index contributed by atoms with van der Waals surface area (Å²) in [5.41, 5.74) is 0. The Hall–Kier alpha value is -3.67. The average Bonchev–Trinajstić information content (AvgIpc) is 3.40. The van der Waals surface area contributed by atoms with Crippen LogP contribution >= 0.6 is 0 Å². The van der Waals surface area contributed by atoms with Gasteiger partial charge in [0, 0.05) is 19.3 Å².